The number of nitrogens with zero attached hydrogens (tertiary/aromatic N) is 1. The molecule has 27 heavy (non-hydrogen) atoms. The zero-order chi connectivity index (χ0) is 18.8. The lowest BCUT2D eigenvalue weighted by Crippen LogP contribution is -2.45. The van der Waals surface area contributed by atoms with E-state index in [0.717, 1.165) is 36.1 Å². The number of thiocarbonyl (C=S) groups is 1. The summed E-state index contributed by atoms with van der Waals surface area (Å²) in [7, 11) is 0. The first-order valence-electron chi connectivity index (χ1n) is 8.93. The van der Waals surface area contributed by atoms with Crippen LogP contribution in [0.2, 0.25) is 0 Å². The van der Waals surface area contributed by atoms with Gasteiger partial charge in [-0.1, -0.05) is 42.5 Å². The van der Waals surface area contributed by atoms with Crippen LogP contribution in [0, 0.1) is 10.1 Å². The lowest BCUT2D eigenvalue weighted by atomic mass is 9.83. The summed E-state index contributed by atoms with van der Waals surface area (Å²) < 4.78 is 0. The molecule has 0 fully saturated rings. The highest BCUT2D eigenvalue weighted by Crippen LogP contribution is 2.38. The summed E-state index contributed by atoms with van der Waals surface area (Å²) in [6.45, 7) is 0. The van der Waals surface area contributed by atoms with Crippen LogP contribution in [-0.4, -0.2) is 10.0 Å². The molecule has 2 aliphatic rings. The summed E-state index contributed by atoms with van der Waals surface area (Å²) in [6.07, 6.45) is 4.98. The smallest absolute Gasteiger partial charge is 0.270 e. The largest absolute Gasteiger partial charge is 0.352 e. The summed E-state index contributed by atoms with van der Waals surface area (Å²) in [5.74, 6) is 0. The first kappa shape index (κ1) is 17.4. The standard InChI is InChI=1S/C21H19N3O2S/c25-24(26)17-10-4-6-14(13-17)12-16-9-5-11-18-19(15-7-2-1-3-8-15)22-21(27)23-20(16)18/h1-4,6-8,10,12-13,19H,5,9,11H2,(H2,22,23,27)/b16-12+/t19-/m0/s1. The minimum atomic E-state index is -0.364. The maximum Gasteiger partial charge on any atom is 0.270 e. The van der Waals surface area contributed by atoms with E-state index in [1.165, 1.54) is 17.2 Å². The van der Waals surface area contributed by atoms with Gasteiger partial charge in [-0.3, -0.25) is 10.1 Å². The topological polar surface area (TPSA) is 67.2 Å². The minimum absolute atomic E-state index is 0.0590. The fourth-order valence-electron chi connectivity index (χ4n) is 3.75. The van der Waals surface area contributed by atoms with Crippen LogP contribution in [0.3, 0.4) is 0 Å². The van der Waals surface area contributed by atoms with Gasteiger partial charge in [-0.25, -0.2) is 0 Å². The normalized spacial score (nSPS) is 20.7. The molecule has 136 valence electrons. The highest BCUT2D eigenvalue weighted by molar-refractivity contribution is 7.80. The zero-order valence-corrected chi connectivity index (χ0v) is 15.5. The molecule has 1 heterocycles. The fraction of sp³-hybridized carbons (Fsp3) is 0.190. The Hall–Kier alpha value is -2.99. The first-order valence-corrected chi connectivity index (χ1v) is 9.33. The lowest BCUT2D eigenvalue weighted by molar-refractivity contribution is -0.384. The number of hydrogen-bond donors (Lipinski definition) is 2. The molecule has 6 heteroatoms. The van der Waals surface area contributed by atoms with Gasteiger partial charge in [0, 0.05) is 17.8 Å². The number of rotatable bonds is 3. The van der Waals surface area contributed by atoms with Crippen LogP contribution in [0.15, 0.2) is 71.4 Å². The van der Waals surface area contributed by atoms with Crippen molar-refractivity contribution in [1.82, 2.24) is 10.6 Å². The van der Waals surface area contributed by atoms with E-state index in [4.69, 9.17) is 12.2 Å². The third-order valence-corrected chi connectivity index (χ3v) is 5.17. The molecule has 1 aliphatic carbocycles. The van der Waals surface area contributed by atoms with Gasteiger partial charge < -0.3 is 10.6 Å². The molecule has 2 N–H and O–H groups in total. The number of nitrogens with one attached hydrogen (secondary N) is 2. The van der Waals surface area contributed by atoms with Crippen molar-refractivity contribution in [1.29, 1.82) is 0 Å². The second kappa shape index (κ2) is 7.32. The molecule has 0 amide bonds. The molecule has 5 nitrogen and oxygen atoms in total. The summed E-state index contributed by atoms with van der Waals surface area (Å²) in [5, 5.41) is 18.4. The molecular weight excluding hydrogens is 358 g/mol. The Morgan fingerprint density at radius 2 is 1.93 bits per heavy atom. The second-order valence-electron chi connectivity index (χ2n) is 6.72. The van der Waals surface area contributed by atoms with Crippen LogP contribution in [-0.2, 0) is 0 Å². The highest BCUT2D eigenvalue weighted by Gasteiger charge is 2.30. The Bertz CT molecular complexity index is 966. The summed E-state index contributed by atoms with van der Waals surface area (Å²) in [4.78, 5) is 10.7. The molecule has 0 radical (unpaired) electrons. The number of hydrogen-bond acceptors (Lipinski definition) is 3. The Labute approximate surface area is 162 Å². The second-order valence-corrected chi connectivity index (χ2v) is 7.13. The van der Waals surface area contributed by atoms with Crippen LogP contribution in [0.1, 0.15) is 36.4 Å². The van der Waals surface area contributed by atoms with E-state index in [1.807, 2.05) is 30.3 Å². The predicted octanol–water partition coefficient (Wildman–Crippen LogP) is 4.64. The zero-order valence-electron chi connectivity index (χ0n) is 14.6. The van der Waals surface area contributed by atoms with E-state index < -0.39 is 0 Å². The first-order chi connectivity index (χ1) is 13.1. The summed E-state index contributed by atoms with van der Waals surface area (Å²) >= 11 is 5.45. The van der Waals surface area contributed by atoms with Gasteiger partial charge in [-0.2, -0.15) is 0 Å². The molecule has 0 bridgehead atoms. The third-order valence-electron chi connectivity index (χ3n) is 4.95. The van der Waals surface area contributed by atoms with Crippen molar-refractivity contribution < 1.29 is 4.92 Å². The Morgan fingerprint density at radius 3 is 2.70 bits per heavy atom. The van der Waals surface area contributed by atoms with Crippen molar-refractivity contribution in [2.45, 2.75) is 25.3 Å². The molecule has 1 atom stereocenters. The van der Waals surface area contributed by atoms with Crippen LogP contribution in [0.25, 0.3) is 6.08 Å². The van der Waals surface area contributed by atoms with Gasteiger partial charge in [0.2, 0.25) is 0 Å². The lowest BCUT2D eigenvalue weighted by Gasteiger charge is -2.36. The number of nitro groups is 1. The molecule has 1 aliphatic heterocycles. The highest BCUT2D eigenvalue weighted by atomic mass is 32.1. The van der Waals surface area contributed by atoms with Crippen molar-refractivity contribution in [3.8, 4) is 0 Å². The number of allylic oxidation sites excluding steroid dienone is 1. The van der Waals surface area contributed by atoms with Crippen molar-refractivity contribution in [2.75, 3.05) is 0 Å². The predicted molar refractivity (Wildman–Crippen MR) is 110 cm³/mol. The Kier molecular flexibility index (Phi) is 4.73. The molecular formula is C21H19N3O2S. The summed E-state index contributed by atoms with van der Waals surface area (Å²) in [5.41, 5.74) is 5.61. The van der Waals surface area contributed by atoms with E-state index in [0.29, 0.717) is 5.11 Å². The number of nitro benzene ring substituents is 1. The van der Waals surface area contributed by atoms with Gasteiger partial charge in [0.1, 0.15) is 0 Å². The van der Waals surface area contributed by atoms with Crippen LogP contribution in [0.4, 0.5) is 5.69 Å². The Balaban J connectivity index is 1.76. The molecule has 2 aromatic rings. The van der Waals surface area contributed by atoms with Crippen molar-refractivity contribution in [3.63, 3.8) is 0 Å². The van der Waals surface area contributed by atoms with E-state index in [9.17, 15) is 10.1 Å². The van der Waals surface area contributed by atoms with Crippen molar-refractivity contribution >= 4 is 29.1 Å². The molecule has 0 saturated carbocycles. The maximum atomic E-state index is 11.1. The number of benzene rings is 2. The van der Waals surface area contributed by atoms with Gasteiger partial charge in [0.25, 0.3) is 5.69 Å². The maximum absolute atomic E-state index is 11.1. The van der Waals surface area contributed by atoms with Gasteiger partial charge >= 0.3 is 0 Å². The summed E-state index contributed by atoms with van der Waals surface area (Å²) in [6, 6.07) is 17.1. The van der Waals surface area contributed by atoms with Gasteiger partial charge in [0.15, 0.2) is 5.11 Å². The van der Waals surface area contributed by atoms with Crippen LogP contribution < -0.4 is 10.6 Å². The fourth-order valence-corrected chi connectivity index (χ4v) is 3.97. The van der Waals surface area contributed by atoms with Crippen LogP contribution in [0.5, 0.6) is 0 Å². The number of non-ortho nitro benzene ring substituents is 1. The van der Waals surface area contributed by atoms with Crippen LogP contribution >= 0.6 is 12.2 Å². The third kappa shape index (κ3) is 3.61. The van der Waals surface area contributed by atoms with E-state index in [1.54, 1.807) is 12.1 Å². The molecule has 0 saturated heterocycles. The molecule has 2 aromatic carbocycles. The Morgan fingerprint density at radius 1 is 1.11 bits per heavy atom. The van der Waals surface area contributed by atoms with E-state index >= 15 is 0 Å². The van der Waals surface area contributed by atoms with E-state index in [2.05, 4.69) is 22.8 Å². The molecule has 4 rings (SSSR count). The molecule has 0 aromatic heterocycles. The van der Waals surface area contributed by atoms with Gasteiger partial charge in [-0.15, -0.1) is 0 Å². The van der Waals surface area contributed by atoms with Crippen molar-refractivity contribution in [2.24, 2.45) is 0 Å². The quantitative estimate of drug-likeness (QED) is 0.464. The van der Waals surface area contributed by atoms with Gasteiger partial charge in [0.05, 0.1) is 11.0 Å². The average molecular weight is 377 g/mol. The van der Waals surface area contributed by atoms with E-state index in [-0.39, 0.29) is 16.7 Å². The molecule has 0 spiro atoms. The monoisotopic (exact) mass is 377 g/mol. The minimum Gasteiger partial charge on any atom is -0.352 e. The molecule has 0 unspecified atom stereocenters. The van der Waals surface area contributed by atoms with Gasteiger partial charge in [-0.05, 0) is 59.8 Å². The average Bonchev–Trinajstić information content (AvgIpc) is 2.69. The SMILES string of the molecule is O=[N+]([O-])c1cccc(/C=C2\CCCC3=C2NC(=S)N[C@H]3c2ccccc2)c1. The van der Waals surface area contributed by atoms with Crippen molar-refractivity contribution in [3.05, 3.63) is 92.7 Å².